The number of thioether (sulfide) groups is 1. The maximum atomic E-state index is 5.75. The molecule has 0 radical (unpaired) electrons. The van der Waals surface area contributed by atoms with Crippen molar-refractivity contribution >= 4 is 11.8 Å². The second kappa shape index (κ2) is 5.32. The Morgan fingerprint density at radius 2 is 2.37 bits per heavy atom. The van der Waals surface area contributed by atoms with E-state index < -0.39 is 0 Å². The predicted octanol–water partition coefficient (Wildman–Crippen LogP) is 1.08. The third-order valence-electron chi connectivity index (χ3n) is 3.52. The topological polar surface area (TPSA) is 68.8 Å². The first-order chi connectivity index (χ1) is 9.28. The number of aromatic nitrogens is 3. The Bertz CT molecular complexity index is 568. The van der Waals surface area contributed by atoms with Gasteiger partial charge in [-0.05, 0) is 11.6 Å². The van der Waals surface area contributed by atoms with E-state index >= 15 is 0 Å². The SMILES string of the molecule is Cn1cc(CC(NN)C2CSc3ccccc32)nn1. The van der Waals surface area contributed by atoms with Crippen LogP contribution in [0.2, 0.25) is 0 Å². The predicted molar refractivity (Wildman–Crippen MR) is 75.7 cm³/mol. The van der Waals surface area contributed by atoms with E-state index in [1.54, 1.807) is 4.68 Å². The van der Waals surface area contributed by atoms with Crippen molar-refractivity contribution in [3.05, 3.63) is 41.7 Å². The fourth-order valence-electron chi connectivity index (χ4n) is 2.55. The van der Waals surface area contributed by atoms with Gasteiger partial charge >= 0.3 is 0 Å². The number of nitrogens with one attached hydrogen (secondary N) is 1. The number of fused-ring (bicyclic) bond motifs is 1. The largest absolute Gasteiger partial charge is 0.271 e. The van der Waals surface area contributed by atoms with Crippen LogP contribution in [0.25, 0.3) is 0 Å². The molecular weight excluding hydrogens is 258 g/mol. The summed E-state index contributed by atoms with van der Waals surface area (Å²) < 4.78 is 1.72. The van der Waals surface area contributed by atoms with E-state index in [-0.39, 0.29) is 6.04 Å². The molecule has 1 aromatic heterocycles. The molecule has 1 aliphatic rings. The summed E-state index contributed by atoms with van der Waals surface area (Å²) in [6, 6.07) is 8.74. The van der Waals surface area contributed by atoms with Crippen LogP contribution < -0.4 is 11.3 Å². The highest BCUT2D eigenvalue weighted by atomic mass is 32.2. The lowest BCUT2D eigenvalue weighted by Gasteiger charge is -2.22. The molecule has 0 aliphatic carbocycles. The van der Waals surface area contributed by atoms with Crippen molar-refractivity contribution in [1.82, 2.24) is 20.4 Å². The van der Waals surface area contributed by atoms with Crippen molar-refractivity contribution in [3.8, 4) is 0 Å². The molecule has 0 bridgehead atoms. The van der Waals surface area contributed by atoms with Gasteiger partial charge in [0.1, 0.15) is 0 Å². The number of rotatable bonds is 4. The molecule has 2 aromatic rings. The van der Waals surface area contributed by atoms with Gasteiger partial charge in [-0.15, -0.1) is 16.9 Å². The van der Waals surface area contributed by atoms with Gasteiger partial charge in [-0.1, -0.05) is 23.4 Å². The Balaban J connectivity index is 1.80. The lowest BCUT2D eigenvalue weighted by molar-refractivity contribution is 0.459. The van der Waals surface area contributed by atoms with Crippen molar-refractivity contribution < 1.29 is 0 Å². The van der Waals surface area contributed by atoms with Gasteiger partial charge in [0.05, 0.1) is 5.69 Å². The molecule has 1 aliphatic heterocycles. The lowest BCUT2D eigenvalue weighted by atomic mass is 9.91. The highest BCUT2D eigenvalue weighted by molar-refractivity contribution is 7.99. The second-order valence-corrected chi connectivity index (χ2v) is 5.88. The maximum absolute atomic E-state index is 5.75. The minimum atomic E-state index is 0.188. The number of hydrogen-bond donors (Lipinski definition) is 2. The zero-order chi connectivity index (χ0) is 13.2. The number of nitrogens with zero attached hydrogens (tertiary/aromatic N) is 3. The second-order valence-electron chi connectivity index (χ2n) is 4.82. The number of hydrazine groups is 1. The molecule has 19 heavy (non-hydrogen) atoms. The fourth-order valence-corrected chi connectivity index (χ4v) is 3.88. The molecular formula is C13H17N5S. The van der Waals surface area contributed by atoms with Gasteiger partial charge in [0, 0.05) is 42.3 Å². The average molecular weight is 275 g/mol. The molecule has 0 fully saturated rings. The first-order valence-corrected chi connectivity index (χ1v) is 7.29. The Morgan fingerprint density at radius 1 is 1.53 bits per heavy atom. The molecule has 3 rings (SSSR count). The van der Waals surface area contributed by atoms with Gasteiger partial charge in [-0.2, -0.15) is 0 Å². The van der Waals surface area contributed by atoms with Crippen molar-refractivity contribution in [2.24, 2.45) is 12.9 Å². The summed E-state index contributed by atoms with van der Waals surface area (Å²) in [6.45, 7) is 0. The Morgan fingerprint density at radius 3 is 3.11 bits per heavy atom. The molecule has 5 nitrogen and oxygen atoms in total. The molecule has 2 atom stereocenters. The van der Waals surface area contributed by atoms with Crippen LogP contribution in [-0.4, -0.2) is 26.8 Å². The molecule has 0 saturated heterocycles. The van der Waals surface area contributed by atoms with E-state index in [4.69, 9.17) is 5.84 Å². The molecule has 0 spiro atoms. The van der Waals surface area contributed by atoms with Crippen LogP contribution in [-0.2, 0) is 13.5 Å². The van der Waals surface area contributed by atoms with E-state index in [2.05, 4.69) is 40.0 Å². The lowest BCUT2D eigenvalue weighted by Crippen LogP contribution is -2.41. The maximum Gasteiger partial charge on any atom is 0.0843 e. The molecule has 1 aromatic carbocycles. The summed E-state index contributed by atoms with van der Waals surface area (Å²) in [5, 5.41) is 8.11. The highest BCUT2D eigenvalue weighted by Gasteiger charge is 2.30. The Kier molecular flexibility index (Phi) is 3.54. The summed E-state index contributed by atoms with van der Waals surface area (Å²) in [5.41, 5.74) is 5.31. The van der Waals surface area contributed by atoms with Crippen LogP contribution in [0.15, 0.2) is 35.4 Å². The number of aryl methyl sites for hydroxylation is 1. The van der Waals surface area contributed by atoms with Gasteiger partial charge in [0.2, 0.25) is 0 Å². The molecule has 3 N–H and O–H groups in total. The summed E-state index contributed by atoms with van der Waals surface area (Å²) in [4.78, 5) is 1.37. The van der Waals surface area contributed by atoms with Gasteiger partial charge in [0.25, 0.3) is 0 Å². The zero-order valence-corrected chi connectivity index (χ0v) is 11.6. The first-order valence-electron chi connectivity index (χ1n) is 6.31. The summed E-state index contributed by atoms with van der Waals surface area (Å²) in [5.74, 6) is 7.24. The summed E-state index contributed by atoms with van der Waals surface area (Å²) in [6.07, 6.45) is 2.74. The number of nitrogens with two attached hydrogens (primary N) is 1. The van der Waals surface area contributed by atoms with Gasteiger partial charge in [-0.3, -0.25) is 16.0 Å². The molecule has 0 amide bonds. The van der Waals surface area contributed by atoms with Crippen molar-refractivity contribution in [1.29, 1.82) is 0 Å². The van der Waals surface area contributed by atoms with Crippen molar-refractivity contribution in [2.45, 2.75) is 23.3 Å². The van der Waals surface area contributed by atoms with Crippen LogP contribution in [0.3, 0.4) is 0 Å². The molecule has 6 heteroatoms. The molecule has 100 valence electrons. The third-order valence-corrected chi connectivity index (χ3v) is 4.72. The number of benzene rings is 1. The number of hydrogen-bond acceptors (Lipinski definition) is 5. The van der Waals surface area contributed by atoms with E-state index in [1.165, 1.54) is 10.5 Å². The minimum Gasteiger partial charge on any atom is -0.271 e. The quantitative estimate of drug-likeness (QED) is 0.645. The standard InChI is InChI=1S/C13H17N5S/c1-18-7-9(16-17-18)6-12(15-14)11-8-19-13-5-3-2-4-10(11)13/h2-5,7,11-12,15H,6,8,14H2,1H3. The smallest absolute Gasteiger partial charge is 0.0843 e. The Hall–Kier alpha value is -1.37. The van der Waals surface area contributed by atoms with Crippen LogP contribution in [0.5, 0.6) is 0 Å². The van der Waals surface area contributed by atoms with E-state index in [0.29, 0.717) is 5.92 Å². The van der Waals surface area contributed by atoms with Crippen molar-refractivity contribution in [3.63, 3.8) is 0 Å². The van der Waals surface area contributed by atoms with E-state index in [1.807, 2.05) is 25.0 Å². The fraction of sp³-hybridized carbons (Fsp3) is 0.385. The van der Waals surface area contributed by atoms with Crippen LogP contribution in [0, 0.1) is 0 Å². The third kappa shape index (κ3) is 2.51. The van der Waals surface area contributed by atoms with Crippen LogP contribution >= 0.6 is 11.8 Å². The molecule has 2 unspecified atom stereocenters. The zero-order valence-electron chi connectivity index (χ0n) is 10.8. The van der Waals surface area contributed by atoms with E-state index in [0.717, 1.165) is 17.9 Å². The molecule has 2 heterocycles. The highest BCUT2D eigenvalue weighted by Crippen LogP contribution is 2.41. The summed E-state index contributed by atoms with van der Waals surface area (Å²) in [7, 11) is 1.88. The monoisotopic (exact) mass is 275 g/mol. The van der Waals surface area contributed by atoms with Crippen molar-refractivity contribution in [2.75, 3.05) is 5.75 Å². The summed E-state index contributed by atoms with van der Waals surface area (Å²) >= 11 is 1.90. The van der Waals surface area contributed by atoms with Gasteiger partial charge < -0.3 is 0 Å². The van der Waals surface area contributed by atoms with Gasteiger partial charge in [0.15, 0.2) is 0 Å². The van der Waals surface area contributed by atoms with Crippen LogP contribution in [0.1, 0.15) is 17.2 Å². The average Bonchev–Trinajstić information content (AvgIpc) is 3.02. The van der Waals surface area contributed by atoms with Crippen LogP contribution in [0.4, 0.5) is 0 Å². The van der Waals surface area contributed by atoms with Gasteiger partial charge in [-0.25, -0.2) is 0 Å². The van der Waals surface area contributed by atoms with E-state index in [9.17, 15) is 0 Å². The Labute approximate surface area is 116 Å². The minimum absolute atomic E-state index is 0.188. The first kappa shape index (κ1) is 12.7. The molecule has 0 saturated carbocycles. The normalized spacial score (nSPS) is 19.4.